The highest BCUT2D eigenvalue weighted by Crippen LogP contribution is 2.29. The molecule has 2 N–H and O–H groups in total. The first-order chi connectivity index (χ1) is 6.18. The monoisotopic (exact) mass is 184 g/mol. The highest BCUT2D eigenvalue weighted by atomic mass is 16.5. The van der Waals surface area contributed by atoms with Crippen molar-refractivity contribution in [2.75, 3.05) is 32.8 Å². The lowest BCUT2D eigenvalue weighted by Gasteiger charge is -2.28. The van der Waals surface area contributed by atoms with Crippen LogP contribution in [0.2, 0.25) is 0 Å². The largest absolute Gasteiger partial charge is 0.381 e. The second-order valence-corrected chi connectivity index (χ2v) is 4.90. The summed E-state index contributed by atoms with van der Waals surface area (Å²) in [5.41, 5.74) is 6.26. The van der Waals surface area contributed by atoms with E-state index >= 15 is 0 Å². The Morgan fingerprint density at radius 1 is 1.62 bits per heavy atom. The van der Waals surface area contributed by atoms with Crippen LogP contribution in [0.25, 0.3) is 0 Å². The van der Waals surface area contributed by atoms with Gasteiger partial charge in [0.1, 0.15) is 0 Å². The second-order valence-electron chi connectivity index (χ2n) is 4.90. The summed E-state index contributed by atoms with van der Waals surface area (Å²) in [6, 6.07) is 0.408. The van der Waals surface area contributed by atoms with Gasteiger partial charge in [-0.05, 0) is 19.4 Å². The minimum absolute atomic E-state index is 0.393. The summed E-state index contributed by atoms with van der Waals surface area (Å²) >= 11 is 0. The van der Waals surface area contributed by atoms with Gasteiger partial charge in [-0.3, -0.25) is 0 Å². The molecule has 3 heteroatoms. The summed E-state index contributed by atoms with van der Waals surface area (Å²) in [5.74, 6) is 0. The zero-order valence-corrected chi connectivity index (χ0v) is 8.46. The van der Waals surface area contributed by atoms with Crippen molar-refractivity contribution in [1.29, 1.82) is 0 Å². The van der Waals surface area contributed by atoms with Crippen molar-refractivity contribution in [3.8, 4) is 0 Å². The normalized spacial score (nSPS) is 41.5. The molecule has 0 spiro atoms. The Morgan fingerprint density at radius 3 is 3.00 bits per heavy atom. The molecule has 0 amide bonds. The molecule has 2 heterocycles. The molecule has 0 aromatic carbocycles. The molecule has 13 heavy (non-hydrogen) atoms. The smallest absolute Gasteiger partial charge is 0.0532 e. The third-order valence-electron chi connectivity index (χ3n) is 3.21. The first-order valence-corrected chi connectivity index (χ1v) is 5.24. The summed E-state index contributed by atoms with van der Waals surface area (Å²) < 4.78 is 5.44. The van der Waals surface area contributed by atoms with Crippen LogP contribution < -0.4 is 5.73 Å². The summed E-state index contributed by atoms with van der Waals surface area (Å²) in [6.07, 6.45) is 2.37. The van der Waals surface area contributed by atoms with Crippen LogP contribution in [-0.2, 0) is 4.74 Å². The molecule has 2 unspecified atom stereocenters. The number of nitrogens with zero attached hydrogens (tertiary/aromatic N) is 1. The Kier molecular flexibility index (Phi) is 2.58. The molecule has 2 atom stereocenters. The van der Waals surface area contributed by atoms with Crippen molar-refractivity contribution in [2.24, 2.45) is 11.1 Å². The first kappa shape index (κ1) is 9.44. The van der Waals surface area contributed by atoms with Gasteiger partial charge in [-0.1, -0.05) is 6.92 Å². The zero-order valence-electron chi connectivity index (χ0n) is 8.46. The van der Waals surface area contributed by atoms with Gasteiger partial charge < -0.3 is 15.4 Å². The number of hydrogen-bond acceptors (Lipinski definition) is 3. The first-order valence-electron chi connectivity index (χ1n) is 5.24. The van der Waals surface area contributed by atoms with Gasteiger partial charge in [0.2, 0.25) is 0 Å². The van der Waals surface area contributed by atoms with Crippen LogP contribution in [0.15, 0.2) is 0 Å². The minimum atomic E-state index is 0.393. The molecule has 2 fully saturated rings. The van der Waals surface area contributed by atoms with Gasteiger partial charge in [0.05, 0.1) is 6.61 Å². The molecule has 76 valence electrons. The highest BCUT2D eigenvalue weighted by molar-refractivity contribution is 4.86. The Balaban J connectivity index is 1.83. The fraction of sp³-hybridized carbons (Fsp3) is 1.00. The molecule has 2 rings (SSSR count). The van der Waals surface area contributed by atoms with Crippen molar-refractivity contribution >= 4 is 0 Å². The molecule has 2 aliphatic rings. The van der Waals surface area contributed by atoms with E-state index in [0.29, 0.717) is 11.5 Å². The second kappa shape index (κ2) is 3.56. The number of rotatable bonds is 2. The minimum Gasteiger partial charge on any atom is -0.381 e. The standard InChI is InChI=1S/C10H20N2O/c1-10(3-5-13-8-10)7-12-4-2-9(11)6-12/h9H,2-8,11H2,1H3. The van der Waals surface area contributed by atoms with Crippen LogP contribution in [0.3, 0.4) is 0 Å². The van der Waals surface area contributed by atoms with E-state index in [1.54, 1.807) is 0 Å². The van der Waals surface area contributed by atoms with Gasteiger partial charge in [-0.25, -0.2) is 0 Å². The number of likely N-dealkylation sites (tertiary alicyclic amines) is 1. The fourth-order valence-electron chi connectivity index (χ4n) is 2.38. The third-order valence-corrected chi connectivity index (χ3v) is 3.21. The maximum atomic E-state index is 5.87. The molecule has 0 aliphatic carbocycles. The lowest BCUT2D eigenvalue weighted by atomic mass is 9.89. The van der Waals surface area contributed by atoms with Crippen molar-refractivity contribution in [3.05, 3.63) is 0 Å². The summed E-state index contributed by atoms with van der Waals surface area (Å²) in [4.78, 5) is 2.49. The van der Waals surface area contributed by atoms with Gasteiger partial charge in [0, 0.05) is 31.2 Å². The van der Waals surface area contributed by atoms with Crippen molar-refractivity contribution < 1.29 is 4.74 Å². The fourth-order valence-corrected chi connectivity index (χ4v) is 2.38. The molecule has 3 nitrogen and oxygen atoms in total. The Hall–Kier alpha value is -0.120. The van der Waals surface area contributed by atoms with Gasteiger partial charge in [0.25, 0.3) is 0 Å². The van der Waals surface area contributed by atoms with Crippen molar-refractivity contribution in [2.45, 2.75) is 25.8 Å². The molecule has 0 aromatic rings. The van der Waals surface area contributed by atoms with Gasteiger partial charge in [-0.2, -0.15) is 0 Å². The molecule has 0 aromatic heterocycles. The molecular weight excluding hydrogens is 164 g/mol. The highest BCUT2D eigenvalue weighted by Gasteiger charge is 2.33. The Morgan fingerprint density at radius 2 is 2.46 bits per heavy atom. The van der Waals surface area contributed by atoms with Crippen molar-refractivity contribution in [3.63, 3.8) is 0 Å². The maximum Gasteiger partial charge on any atom is 0.0532 e. The molecule has 0 saturated carbocycles. The van der Waals surface area contributed by atoms with Crippen LogP contribution in [0.4, 0.5) is 0 Å². The molecule has 0 bridgehead atoms. The Labute approximate surface area is 80.2 Å². The number of ether oxygens (including phenoxy) is 1. The average molecular weight is 184 g/mol. The van der Waals surface area contributed by atoms with Gasteiger partial charge in [-0.15, -0.1) is 0 Å². The third kappa shape index (κ3) is 2.22. The molecule has 0 radical (unpaired) electrons. The lowest BCUT2D eigenvalue weighted by Crippen LogP contribution is -2.36. The van der Waals surface area contributed by atoms with Gasteiger partial charge in [0.15, 0.2) is 0 Å². The summed E-state index contributed by atoms with van der Waals surface area (Å²) in [5, 5.41) is 0. The Bertz CT molecular complexity index is 178. The van der Waals surface area contributed by atoms with Crippen LogP contribution in [0, 0.1) is 5.41 Å². The van der Waals surface area contributed by atoms with E-state index in [1.165, 1.54) is 19.5 Å². The van der Waals surface area contributed by atoms with Crippen LogP contribution in [0.1, 0.15) is 19.8 Å². The van der Waals surface area contributed by atoms with E-state index in [2.05, 4.69) is 11.8 Å². The predicted octanol–water partition coefficient (Wildman–Crippen LogP) is 0.446. The lowest BCUT2D eigenvalue weighted by molar-refractivity contribution is 0.131. The van der Waals surface area contributed by atoms with Crippen LogP contribution in [0.5, 0.6) is 0 Å². The summed E-state index contributed by atoms with van der Waals surface area (Å²) in [7, 11) is 0. The number of nitrogens with two attached hydrogens (primary N) is 1. The van der Waals surface area contributed by atoms with Gasteiger partial charge >= 0.3 is 0 Å². The molecule has 2 saturated heterocycles. The SMILES string of the molecule is CC1(CN2CCC(N)C2)CCOC1. The van der Waals surface area contributed by atoms with E-state index in [9.17, 15) is 0 Å². The molecule has 2 aliphatic heterocycles. The average Bonchev–Trinajstić information content (AvgIpc) is 2.62. The number of hydrogen-bond donors (Lipinski definition) is 1. The van der Waals surface area contributed by atoms with E-state index in [-0.39, 0.29) is 0 Å². The van der Waals surface area contributed by atoms with Crippen LogP contribution in [-0.4, -0.2) is 43.8 Å². The van der Waals surface area contributed by atoms with Crippen LogP contribution >= 0.6 is 0 Å². The van der Waals surface area contributed by atoms with E-state index in [4.69, 9.17) is 10.5 Å². The summed E-state index contributed by atoms with van der Waals surface area (Å²) in [6.45, 7) is 7.62. The molecular formula is C10H20N2O. The van der Waals surface area contributed by atoms with E-state index < -0.39 is 0 Å². The zero-order chi connectivity index (χ0) is 9.31. The van der Waals surface area contributed by atoms with E-state index in [1.807, 2.05) is 0 Å². The quantitative estimate of drug-likeness (QED) is 0.677. The van der Waals surface area contributed by atoms with E-state index in [0.717, 1.165) is 26.2 Å². The maximum absolute atomic E-state index is 5.87. The topological polar surface area (TPSA) is 38.5 Å². The predicted molar refractivity (Wildman–Crippen MR) is 52.6 cm³/mol. The van der Waals surface area contributed by atoms with Crippen molar-refractivity contribution in [1.82, 2.24) is 4.90 Å².